The molecule has 0 amide bonds. The Balaban J connectivity index is 2.88. The molecule has 0 aliphatic heterocycles. The van der Waals surface area contributed by atoms with E-state index < -0.39 is 12.5 Å². The van der Waals surface area contributed by atoms with Crippen LogP contribution >= 0.6 is 11.6 Å². The van der Waals surface area contributed by atoms with Gasteiger partial charge >= 0.3 is 0 Å². The molecule has 0 bridgehead atoms. The van der Waals surface area contributed by atoms with Gasteiger partial charge < -0.3 is 10.5 Å². The molecular formula is C8H8ClF2NO. The molecule has 0 fully saturated rings. The molecule has 0 radical (unpaired) electrons. The number of ether oxygens (including phenoxy) is 1. The predicted molar refractivity (Wildman–Crippen MR) is 47.3 cm³/mol. The van der Waals surface area contributed by atoms with Gasteiger partial charge in [-0.25, -0.2) is 8.78 Å². The Kier molecular flexibility index (Phi) is 3.31. The van der Waals surface area contributed by atoms with Crippen molar-refractivity contribution in [2.24, 2.45) is 0 Å². The molecule has 0 aromatic heterocycles. The summed E-state index contributed by atoms with van der Waals surface area (Å²) in [4.78, 5) is 0. The minimum atomic E-state index is -0.650. The van der Waals surface area contributed by atoms with Gasteiger partial charge in [-0.15, -0.1) is 0 Å². The van der Waals surface area contributed by atoms with Gasteiger partial charge in [-0.05, 0) is 6.07 Å². The van der Waals surface area contributed by atoms with Crippen molar-refractivity contribution in [2.75, 3.05) is 19.0 Å². The van der Waals surface area contributed by atoms with Crippen LogP contribution in [0.1, 0.15) is 0 Å². The standard InChI is InChI=1S/C8H8ClF2NO/c9-5-3-7(12)6(11)4-8(5)13-2-1-10/h3-4H,1-2,12H2. The highest BCUT2D eigenvalue weighted by atomic mass is 35.5. The molecule has 1 aromatic carbocycles. The van der Waals surface area contributed by atoms with E-state index in [2.05, 4.69) is 0 Å². The quantitative estimate of drug-likeness (QED) is 0.773. The van der Waals surface area contributed by atoms with Crippen molar-refractivity contribution in [3.05, 3.63) is 23.0 Å². The highest BCUT2D eigenvalue weighted by Gasteiger charge is 2.06. The summed E-state index contributed by atoms with van der Waals surface area (Å²) >= 11 is 5.64. The van der Waals surface area contributed by atoms with E-state index in [0.29, 0.717) is 0 Å². The molecule has 2 nitrogen and oxygen atoms in total. The summed E-state index contributed by atoms with van der Waals surface area (Å²) in [6.07, 6.45) is 0. The van der Waals surface area contributed by atoms with Gasteiger partial charge in [-0.2, -0.15) is 0 Å². The number of anilines is 1. The number of alkyl halides is 1. The Morgan fingerprint density at radius 3 is 2.77 bits per heavy atom. The van der Waals surface area contributed by atoms with Crippen molar-refractivity contribution in [3.63, 3.8) is 0 Å². The third-order valence-electron chi connectivity index (χ3n) is 1.39. The maximum atomic E-state index is 12.8. The summed E-state index contributed by atoms with van der Waals surface area (Å²) < 4.78 is 29.4. The van der Waals surface area contributed by atoms with E-state index in [9.17, 15) is 8.78 Å². The number of halogens is 3. The van der Waals surface area contributed by atoms with Crippen molar-refractivity contribution >= 4 is 17.3 Å². The molecule has 0 spiro atoms. The lowest BCUT2D eigenvalue weighted by molar-refractivity contribution is 0.272. The van der Waals surface area contributed by atoms with Gasteiger partial charge in [0, 0.05) is 6.07 Å². The number of hydrogen-bond acceptors (Lipinski definition) is 2. The van der Waals surface area contributed by atoms with Crippen LogP contribution in [0.15, 0.2) is 12.1 Å². The van der Waals surface area contributed by atoms with Crippen molar-refractivity contribution in [1.82, 2.24) is 0 Å². The minimum Gasteiger partial charge on any atom is -0.489 e. The SMILES string of the molecule is Nc1cc(Cl)c(OCCF)cc1F. The van der Waals surface area contributed by atoms with E-state index in [-0.39, 0.29) is 23.1 Å². The van der Waals surface area contributed by atoms with Gasteiger partial charge in [-0.3, -0.25) is 0 Å². The molecule has 0 saturated heterocycles. The molecule has 1 aromatic rings. The molecule has 2 N–H and O–H groups in total. The summed E-state index contributed by atoms with van der Waals surface area (Å²) in [5, 5.41) is 0.173. The fourth-order valence-corrected chi connectivity index (χ4v) is 1.03. The minimum absolute atomic E-state index is 0.0578. The zero-order chi connectivity index (χ0) is 9.84. The molecular weight excluding hydrogens is 200 g/mol. The molecule has 0 saturated carbocycles. The fourth-order valence-electron chi connectivity index (χ4n) is 0.803. The molecule has 5 heteroatoms. The second-order valence-electron chi connectivity index (χ2n) is 2.34. The molecule has 0 aliphatic rings. The van der Waals surface area contributed by atoms with Crippen LogP contribution < -0.4 is 10.5 Å². The van der Waals surface area contributed by atoms with Gasteiger partial charge in [0.2, 0.25) is 0 Å². The fraction of sp³-hybridized carbons (Fsp3) is 0.250. The van der Waals surface area contributed by atoms with E-state index in [0.717, 1.165) is 6.07 Å². The van der Waals surface area contributed by atoms with E-state index in [1.54, 1.807) is 0 Å². The highest BCUT2D eigenvalue weighted by molar-refractivity contribution is 6.32. The van der Waals surface area contributed by atoms with Crippen LogP contribution in [-0.4, -0.2) is 13.3 Å². The topological polar surface area (TPSA) is 35.2 Å². The zero-order valence-corrected chi connectivity index (χ0v) is 7.44. The van der Waals surface area contributed by atoms with Gasteiger partial charge in [0.05, 0.1) is 10.7 Å². The van der Waals surface area contributed by atoms with Gasteiger partial charge in [-0.1, -0.05) is 11.6 Å². The molecule has 72 valence electrons. The largest absolute Gasteiger partial charge is 0.489 e. The summed E-state index contributed by atoms with van der Waals surface area (Å²) in [5.41, 5.74) is 5.17. The third kappa shape index (κ3) is 2.45. The second-order valence-corrected chi connectivity index (χ2v) is 2.75. The van der Waals surface area contributed by atoms with E-state index in [1.807, 2.05) is 0 Å². The highest BCUT2D eigenvalue weighted by Crippen LogP contribution is 2.28. The lowest BCUT2D eigenvalue weighted by Gasteiger charge is -2.06. The van der Waals surface area contributed by atoms with Crippen molar-refractivity contribution in [2.45, 2.75) is 0 Å². The smallest absolute Gasteiger partial charge is 0.149 e. The van der Waals surface area contributed by atoms with Crippen LogP contribution in [0, 0.1) is 5.82 Å². The Morgan fingerprint density at radius 1 is 1.46 bits per heavy atom. The maximum Gasteiger partial charge on any atom is 0.149 e. The zero-order valence-electron chi connectivity index (χ0n) is 6.69. The maximum absolute atomic E-state index is 12.8. The second kappa shape index (κ2) is 4.28. The summed E-state index contributed by atoms with van der Waals surface area (Å²) in [5.74, 6) is -0.524. The van der Waals surface area contributed by atoms with Crippen molar-refractivity contribution in [1.29, 1.82) is 0 Å². The Morgan fingerprint density at radius 2 is 2.15 bits per heavy atom. The van der Waals surface area contributed by atoms with Crippen LogP contribution in [0.4, 0.5) is 14.5 Å². The van der Waals surface area contributed by atoms with Crippen molar-refractivity contribution in [3.8, 4) is 5.75 Å². The Bertz CT molecular complexity index is 306. The van der Waals surface area contributed by atoms with Crippen LogP contribution in [0.25, 0.3) is 0 Å². The summed E-state index contributed by atoms with van der Waals surface area (Å²) in [6, 6.07) is 2.26. The van der Waals surface area contributed by atoms with Gasteiger partial charge in [0.25, 0.3) is 0 Å². The molecule has 0 unspecified atom stereocenters. The predicted octanol–water partition coefficient (Wildman–Crippen LogP) is 2.41. The van der Waals surface area contributed by atoms with Crippen LogP contribution in [-0.2, 0) is 0 Å². The Hall–Kier alpha value is -1.03. The number of hydrogen-bond donors (Lipinski definition) is 1. The molecule has 0 aliphatic carbocycles. The first-order chi connectivity index (χ1) is 6.15. The van der Waals surface area contributed by atoms with E-state index >= 15 is 0 Å². The number of rotatable bonds is 3. The Labute approximate surface area is 79.2 Å². The average Bonchev–Trinajstić information content (AvgIpc) is 2.09. The molecule has 13 heavy (non-hydrogen) atoms. The number of nitrogen functional groups attached to an aromatic ring is 1. The van der Waals surface area contributed by atoms with Crippen LogP contribution in [0.2, 0.25) is 5.02 Å². The van der Waals surface area contributed by atoms with E-state index in [1.165, 1.54) is 6.07 Å². The molecule has 1 rings (SSSR count). The van der Waals surface area contributed by atoms with Crippen molar-refractivity contribution < 1.29 is 13.5 Å². The average molecular weight is 208 g/mol. The summed E-state index contributed by atoms with van der Waals surface area (Å²) in [6.45, 7) is -0.800. The monoisotopic (exact) mass is 207 g/mol. The lowest BCUT2D eigenvalue weighted by Crippen LogP contribution is -2.00. The van der Waals surface area contributed by atoms with Gasteiger partial charge in [0.15, 0.2) is 0 Å². The molecule has 0 heterocycles. The third-order valence-corrected chi connectivity index (χ3v) is 1.68. The number of benzene rings is 1. The lowest BCUT2D eigenvalue weighted by atomic mass is 10.3. The summed E-state index contributed by atoms with van der Waals surface area (Å²) in [7, 11) is 0. The van der Waals surface area contributed by atoms with Crippen LogP contribution in [0.3, 0.4) is 0 Å². The normalized spacial score (nSPS) is 10.1. The first kappa shape index (κ1) is 10.1. The molecule has 0 atom stereocenters. The van der Waals surface area contributed by atoms with Gasteiger partial charge in [0.1, 0.15) is 24.8 Å². The number of nitrogens with two attached hydrogens (primary N) is 1. The van der Waals surface area contributed by atoms with Crippen LogP contribution in [0.5, 0.6) is 5.75 Å². The first-order valence-electron chi connectivity index (χ1n) is 3.58. The first-order valence-corrected chi connectivity index (χ1v) is 3.96. The van der Waals surface area contributed by atoms with E-state index in [4.69, 9.17) is 22.1 Å².